The standard InChI is InChI=1S/C13H19N3O3.C2H6/c14-7-12(17)8-15-10-1-3-11(4-2-10)16-5-6-19-9-13(16)18;1-2/h1-4,12,15,17H,5-9,14H2;1-2H3. The molecule has 0 spiro atoms. The second kappa shape index (κ2) is 9.33. The zero-order chi connectivity index (χ0) is 15.7. The molecule has 1 aliphatic heterocycles. The van der Waals surface area contributed by atoms with Gasteiger partial charge in [0.25, 0.3) is 5.91 Å². The summed E-state index contributed by atoms with van der Waals surface area (Å²) < 4.78 is 5.09. The van der Waals surface area contributed by atoms with Crippen molar-refractivity contribution in [3.8, 4) is 0 Å². The summed E-state index contributed by atoms with van der Waals surface area (Å²) in [6, 6.07) is 7.50. The number of benzene rings is 1. The molecule has 1 amide bonds. The average molecular weight is 295 g/mol. The van der Waals surface area contributed by atoms with Gasteiger partial charge in [0, 0.05) is 31.0 Å². The van der Waals surface area contributed by atoms with Crippen molar-refractivity contribution < 1.29 is 14.6 Å². The molecule has 6 nitrogen and oxygen atoms in total. The van der Waals surface area contributed by atoms with Crippen LogP contribution in [0.3, 0.4) is 0 Å². The number of anilines is 2. The van der Waals surface area contributed by atoms with Crippen LogP contribution in [0.4, 0.5) is 11.4 Å². The number of morpholine rings is 1. The molecule has 0 radical (unpaired) electrons. The number of aliphatic hydroxyl groups excluding tert-OH is 1. The molecular formula is C15H25N3O3. The van der Waals surface area contributed by atoms with Gasteiger partial charge in [-0.25, -0.2) is 0 Å². The number of rotatable bonds is 5. The van der Waals surface area contributed by atoms with E-state index in [1.807, 2.05) is 38.1 Å². The molecule has 118 valence electrons. The summed E-state index contributed by atoms with van der Waals surface area (Å²) in [5.74, 6) is -0.0227. The molecule has 1 atom stereocenters. The highest BCUT2D eigenvalue weighted by molar-refractivity contribution is 5.94. The number of hydrogen-bond acceptors (Lipinski definition) is 5. The Bertz CT molecular complexity index is 423. The van der Waals surface area contributed by atoms with Crippen LogP contribution in [0.1, 0.15) is 13.8 Å². The maximum absolute atomic E-state index is 11.7. The fourth-order valence-corrected chi connectivity index (χ4v) is 1.87. The molecule has 1 aromatic rings. The molecule has 21 heavy (non-hydrogen) atoms. The molecule has 6 heteroatoms. The number of aliphatic hydroxyl groups is 1. The van der Waals surface area contributed by atoms with Crippen molar-refractivity contribution >= 4 is 17.3 Å². The van der Waals surface area contributed by atoms with Gasteiger partial charge >= 0.3 is 0 Å². The zero-order valence-corrected chi connectivity index (χ0v) is 12.7. The third-order valence-corrected chi connectivity index (χ3v) is 2.98. The van der Waals surface area contributed by atoms with Crippen LogP contribution in [0.2, 0.25) is 0 Å². The minimum absolute atomic E-state index is 0.0227. The first-order valence-corrected chi connectivity index (χ1v) is 7.31. The zero-order valence-electron chi connectivity index (χ0n) is 12.7. The molecule has 0 aromatic heterocycles. The minimum atomic E-state index is -0.555. The molecule has 1 saturated heterocycles. The highest BCUT2D eigenvalue weighted by Gasteiger charge is 2.19. The predicted molar refractivity (Wildman–Crippen MR) is 84.5 cm³/mol. The summed E-state index contributed by atoms with van der Waals surface area (Å²) in [6.07, 6.45) is -0.555. The van der Waals surface area contributed by atoms with Crippen molar-refractivity contribution in [3.05, 3.63) is 24.3 Å². The molecule has 1 unspecified atom stereocenters. The van der Waals surface area contributed by atoms with Gasteiger partial charge in [0.1, 0.15) is 6.61 Å². The smallest absolute Gasteiger partial charge is 0.253 e. The van der Waals surface area contributed by atoms with Gasteiger partial charge in [-0.15, -0.1) is 0 Å². The fraction of sp³-hybridized carbons (Fsp3) is 0.533. The van der Waals surface area contributed by atoms with Crippen molar-refractivity contribution in [2.75, 3.05) is 43.1 Å². The van der Waals surface area contributed by atoms with E-state index in [4.69, 9.17) is 10.5 Å². The molecule has 1 fully saturated rings. The van der Waals surface area contributed by atoms with Crippen LogP contribution in [0.15, 0.2) is 24.3 Å². The number of carbonyl (C=O) groups excluding carboxylic acids is 1. The Morgan fingerprint density at radius 3 is 2.62 bits per heavy atom. The highest BCUT2D eigenvalue weighted by atomic mass is 16.5. The summed E-state index contributed by atoms with van der Waals surface area (Å²) in [4.78, 5) is 13.4. The molecule has 0 saturated carbocycles. The van der Waals surface area contributed by atoms with Crippen LogP contribution >= 0.6 is 0 Å². The van der Waals surface area contributed by atoms with Crippen molar-refractivity contribution in [2.24, 2.45) is 5.73 Å². The van der Waals surface area contributed by atoms with E-state index in [0.29, 0.717) is 19.7 Å². The van der Waals surface area contributed by atoms with Gasteiger partial charge in [-0.1, -0.05) is 13.8 Å². The van der Waals surface area contributed by atoms with Crippen LogP contribution in [0, 0.1) is 0 Å². The van der Waals surface area contributed by atoms with Gasteiger partial charge in [-0.2, -0.15) is 0 Å². The van der Waals surface area contributed by atoms with Gasteiger partial charge in [0.2, 0.25) is 0 Å². The first-order valence-electron chi connectivity index (χ1n) is 7.31. The van der Waals surface area contributed by atoms with Crippen LogP contribution in [0.25, 0.3) is 0 Å². The topological polar surface area (TPSA) is 87.8 Å². The van der Waals surface area contributed by atoms with Crippen LogP contribution < -0.4 is 16.0 Å². The van der Waals surface area contributed by atoms with Crippen molar-refractivity contribution in [1.29, 1.82) is 0 Å². The molecule has 1 aliphatic rings. The second-order valence-electron chi connectivity index (χ2n) is 4.42. The average Bonchev–Trinajstić information content (AvgIpc) is 2.55. The maximum Gasteiger partial charge on any atom is 0.253 e. The first kappa shape index (κ1) is 17.4. The Morgan fingerprint density at radius 2 is 2.05 bits per heavy atom. The third kappa shape index (κ3) is 5.34. The van der Waals surface area contributed by atoms with E-state index in [2.05, 4.69) is 5.32 Å². The maximum atomic E-state index is 11.7. The Labute approximate surface area is 125 Å². The molecule has 0 aliphatic carbocycles. The largest absolute Gasteiger partial charge is 0.390 e. The van der Waals surface area contributed by atoms with E-state index < -0.39 is 6.10 Å². The molecule has 1 heterocycles. The van der Waals surface area contributed by atoms with E-state index >= 15 is 0 Å². The number of hydrogen-bond donors (Lipinski definition) is 3. The lowest BCUT2D eigenvalue weighted by Gasteiger charge is -2.27. The molecule has 0 bridgehead atoms. The van der Waals surface area contributed by atoms with Crippen LogP contribution in [-0.2, 0) is 9.53 Å². The summed E-state index contributed by atoms with van der Waals surface area (Å²) in [5.41, 5.74) is 7.07. The van der Waals surface area contributed by atoms with Crippen molar-refractivity contribution in [2.45, 2.75) is 20.0 Å². The van der Waals surface area contributed by atoms with E-state index in [0.717, 1.165) is 11.4 Å². The Morgan fingerprint density at radius 1 is 1.38 bits per heavy atom. The SMILES string of the molecule is CC.NCC(O)CNc1ccc(N2CCOCC2=O)cc1. The molecule has 4 N–H and O–H groups in total. The Hall–Kier alpha value is -1.63. The molecular weight excluding hydrogens is 270 g/mol. The summed E-state index contributed by atoms with van der Waals surface area (Å²) in [5, 5.41) is 12.4. The summed E-state index contributed by atoms with van der Waals surface area (Å²) in [6.45, 7) is 5.92. The van der Waals surface area contributed by atoms with Crippen molar-refractivity contribution in [3.63, 3.8) is 0 Å². The molecule has 1 aromatic carbocycles. The van der Waals surface area contributed by atoms with Crippen LogP contribution in [0.5, 0.6) is 0 Å². The normalized spacial score (nSPS) is 16.0. The van der Waals surface area contributed by atoms with Crippen molar-refractivity contribution in [1.82, 2.24) is 0 Å². The van der Waals surface area contributed by atoms with Crippen LogP contribution in [-0.4, -0.2) is 50.0 Å². The van der Waals surface area contributed by atoms with E-state index in [9.17, 15) is 9.90 Å². The summed E-state index contributed by atoms with van der Waals surface area (Å²) in [7, 11) is 0. The number of ether oxygens (including phenoxy) is 1. The van der Waals surface area contributed by atoms with Gasteiger partial charge < -0.3 is 25.8 Å². The fourth-order valence-electron chi connectivity index (χ4n) is 1.87. The van der Waals surface area contributed by atoms with Gasteiger partial charge in [0.15, 0.2) is 0 Å². The third-order valence-electron chi connectivity index (χ3n) is 2.98. The quantitative estimate of drug-likeness (QED) is 0.748. The van der Waals surface area contributed by atoms with E-state index in [-0.39, 0.29) is 19.1 Å². The van der Waals surface area contributed by atoms with Gasteiger partial charge in [-0.05, 0) is 24.3 Å². The second-order valence-corrected chi connectivity index (χ2v) is 4.42. The number of nitrogens with zero attached hydrogens (tertiary/aromatic N) is 1. The lowest BCUT2D eigenvalue weighted by atomic mass is 10.2. The summed E-state index contributed by atoms with van der Waals surface area (Å²) >= 11 is 0. The van der Waals surface area contributed by atoms with Gasteiger partial charge in [-0.3, -0.25) is 4.79 Å². The number of nitrogens with two attached hydrogens (primary N) is 1. The lowest BCUT2D eigenvalue weighted by Crippen LogP contribution is -2.41. The molecule has 2 rings (SSSR count). The van der Waals surface area contributed by atoms with Gasteiger partial charge in [0.05, 0.1) is 12.7 Å². The van der Waals surface area contributed by atoms with E-state index in [1.165, 1.54) is 0 Å². The lowest BCUT2D eigenvalue weighted by molar-refractivity contribution is -0.125. The minimum Gasteiger partial charge on any atom is -0.390 e. The van der Waals surface area contributed by atoms with E-state index in [1.54, 1.807) is 4.90 Å². The number of nitrogens with one attached hydrogen (secondary N) is 1. The number of carbonyl (C=O) groups is 1. The Kier molecular flexibility index (Phi) is 7.74. The number of amides is 1. The highest BCUT2D eigenvalue weighted by Crippen LogP contribution is 2.19. The Balaban J connectivity index is 0.00000106. The monoisotopic (exact) mass is 295 g/mol. The first-order chi connectivity index (χ1) is 10.2. The predicted octanol–water partition coefficient (Wildman–Crippen LogP) is 0.807.